The number of hydrogen-bond acceptors (Lipinski definition) is 6. The Labute approximate surface area is 144 Å². The van der Waals surface area contributed by atoms with Gasteiger partial charge in [-0.15, -0.1) is 5.10 Å². The molecule has 9 heteroatoms. The molecule has 0 fully saturated rings. The van der Waals surface area contributed by atoms with Gasteiger partial charge in [0.1, 0.15) is 17.3 Å². The molecule has 0 radical (unpaired) electrons. The van der Waals surface area contributed by atoms with Gasteiger partial charge in [-0.3, -0.25) is 9.89 Å². The van der Waals surface area contributed by atoms with Crippen LogP contribution in [0.4, 0.5) is 4.39 Å². The zero-order valence-electron chi connectivity index (χ0n) is 14.2. The van der Waals surface area contributed by atoms with E-state index in [4.69, 9.17) is 4.74 Å². The summed E-state index contributed by atoms with van der Waals surface area (Å²) in [6.07, 6.45) is 1.53. The molecule has 2 aromatic heterocycles. The first-order valence-electron chi connectivity index (χ1n) is 7.92. The van der Waals surface area contributed by atoms with Gasteiger partial charge in [-0.2, -0.15) is 0 Å². The van der Waals surface area contributed by atoms with Crippen molar-refractivity contribution in [2.45, 2.75) is 33.2 Å². The Morgan fingerprint density at radius 3 is 2.72 bits per heavy atom. The minimum absolute atomic E-state index is 0.0836. The average Bonchev–Trinajstić information content (AvgIpc) is 3.04. The highest BCUT2D eigenvalue weighted by Gasteiger charge is 2.23. The predicted octanol–water partition coefficient (Wildman–Crippen LogP) is 2.03. The smallest absolute Gasteiger partial charge is 0.378 e. The fourth-order valence-electron chi connectivity index (χ4n) is 2.17. The summed E-state index contributed by atoms with van der Waals surface area (Å²) in [5.74, 6) is -1.15. The topological polar surface area (TPSA) is 110 Å². The summed E-state index contributed by atoms with van der Waals surface area (Å²) in [6.45, 7) is 5.86. The van der Waals surface area contributed by atoms with Crippen molar-refractivity contribution in [2.24, 2.45) is 5.92 Å². The number of aromatic amines is 1. The Morgan fingerprint density at radius 2 is 2.12 bits per heavy atom. The lowest BCUT2D eigenvalue weighted by Gasteiger charge is -2.18. The van der Waals surface area contributed by atoms with E-state index >= 15 is 0 Å². The van der Waals surface area contributed by atoms with E-state index in [1.54, 1.807) is 6.92 Å². The first kappa shape index (κ1) is 18.5. The maximum Gasteiger partial charge on any atom is 0.378 e. The summed E-state index contributed by atoms with van der Waals surface area (Å²) >= 11 is 0. The summed E-state index contributed by atoms with van der Waals surface area (Å²) in [5.41, 5.74) is 0.0836. The van der Waals surface area contributed by atoms with Crippen LogP contribution >= 0.6 is 0 Å². The number of ether oxygens (including phenoxy) is 1. The second kappa shape index (κ2) is 8.32. The third-order valence-electron chi connectivity index (χ3n) is 3.26. The van der Waals surface area contributed by atoms with Crippen molar-refractivity contribution >= 4 is 11.9 Å². The van der Waals surface area contributed by atoms with Crippen molar-refractivity contribution in [1.82, 2.24) is 25.5 Å². The zero-order chi connectivity index (χ0) is 18.4. The van der Waals surface area contributed by atoms with Crippen LogP contribution in [0.5, 0.6) is 0 Å². The lowest BCUT2D eigenvalue weighted by Crippen LogP contribution is -2.31. The highest BCUT2D eigenvalue weighted by atomic mass is 19.1. The van der Waals surface area contributed by atoms with Crippen molar-refractivity contribution in [3.63, 3.8) is 0 Å². The van der Waals surface area contributed by atoms with Crippen molar-refractivity contribution in [1.29, 1.82) is 0 Å². The second-order valence-corrected chi connectivity index (χ2v) is 5.78. The van der Waals surface area contributed by atoms with Crippen LogP contribution in [0.3, 0.4) is 0 Å². The zero-order valence-corrected chi connectivity index (χ0v) is 14.2. The molecule has 1 unspecified atom stereocenters. The number of hydrogen-bond donors (Lipinski definition) is 2. The van der Waals surface area contributed by atoms with Crippen LogP contribution in [0.25, 0.3) is 0 Å². The SMILES string of the molecule is CCOC(=O)c1n[nH]c(C(CC(C)C)NC(=O)c2ccc(F)cn2)n1. The number of carbonyl (C=O) groups is 2. The summed E-state index contributed by atoms with van der Waals surface area (Å²) in [6, 6.07) is 1.95. The number of pyridine rings is 1. The average molecular weight is 349 g/mol. The minimum Gasteiger partial charge on any atom is -0.460 e. The van der Waals surface area contributed by atoms with E-state index in [-0.39, 0.29) is 24.0 Å². The third-order valence-corrected chi connectivity index (χ3v) is 3.26. The van der Waals surface area contributed by atoms with Crippen LogP contribution in [0.15, 0.2) is 18.3 Å². The van der Waals surface area contributed by atoms with Crippen LogP contribution in [0, 0.1) is 11.7 Å². The molecular weight excluding hydrogens is 329 g/mol. The van der Waals surface area contributed by atoms with Gasteiger partial charge in [-0.1, -0.05) is 13.8 Å². The van der Waals surface area contributed by atoms with E-state index in [0.717, 1.165) is 12.3 Å². The van der Waals surface area contributed by atoms with E-state index < -0.39 is 23.7 Å². The van der Waals surface area contributed by atoms with Crippen LogP contribution in [0.1, 0.15) is 60.2 Å². The Morgan fingerprint density at radius 1 is 1.36 bits per heavy atom. The molecule has 2 rings (SSSR count). The molecule has 0 spiro atoms. The highest BCUT2D eigenvalue weighted by molar-refractivity contribution is 5.92. The molecule has 134 valence electrons. The van der Waals surface area contributed by atoms with Gasteiger partial charge in [-0.25, -0.2) is 19.2 Å². The van der Waals surface area contributed by atoms with Gasteiger partial charge in [0.15, 0.2) is 0 Å². The molecule has 0 aromatic carbocycles. The van der Waals surface area contributed by atoms with E-state index in [2.05, 4.69) is 25.5 Å². The van der Waals surface area contributed by atoms with E-state index in [1.807, 2.05) is 13.8 Å². The van der Waals surface area contributed by atoms with Gasteiger partial charge in [-0.05, 0) is 31.4 Å². The summed E-state index contributed by atoms with van der Waals surface area (Å²) < 4.78 is 17.8. The number of rotatable bonds is 7. The lowest BCUT2D eigenvalue weighted by atomic mass is 10.0. The molecule has 0 aliphatic heterocycles. The normalized spacial score (nSPS) is 12.0. The van der Waals surface area contributed by atoms with Crippen molar-refractivity contribution in [3.05, 3.63) is 41.5 Å². The minimum atomic E-state index is -0.639. The van der Waals surface area contributed by atoms with Crippen molar-refractivity contribution in [3.8, 4) is 0 Å². The molecular formula is C16H20FN5O3. The van der Waals surface area contributed by atoms with Crippen LogP contribution in [0.2, 0.25) is 0 Å². The Hall–Kier alpha value is -2.84. The first-order valence-corrected chi connectivity index (χ1v) is 7.92. The molecule has 0 saturated heterocycles. The van der Waals surface area contributed by atoms with Gasteiger partial charge in [0, 0.05) is 0 Å². The van der Waals surface area contributed by atoms with Gasteiger partial charge in [0.25, 0.3) is 11.7 Å². The molecule has 2 aromatic rings. The number of halogens is 1. The number of carbonyl (C=O) groups excluding carboxylic acids is 2. The van der Waals surface area contributed by atoms with Crippen LogP contribution in [-0.2, 0) is 4.74 Å². The van der Waals surface area contributed by atoms with Gasteiger partial charge < -0.3 is 10.1 Å². The molecule has 0 saturated carbocycles. The maximum absolute atomic E-state index is 12.9. The molecule has 0 bridgehead atoms. The van der Waals surface area contributed by atoms with Crippen molar-refractivity contribution < 1.29 is 18.7 Å². The van der Waals surface area contributed by atoms with Crippen LogP contribution < -0.4 is 5.32 Å². The molecule has 0 aliphatic carbocycles. The van der Waals surface area contributed by atoms with Gasteiger partial charge >= 0.3 is 5.97 Å². The molecule has 1 atom stereocenters. The van der Waals surface area contributed by atoms with Crippen LogP contribution in [-0.4, -0.2) is 38.6 Å². The highest BCUT2D eigenvalue weighted by Crippen LogP contribution is 2.19. The second-order valence-electron chi connectivity index (χ2n) is 5.78. The lowest BCUT2D eigenvalue weighted by molar-refractivity contribution is 0.0512. The Bertz CT molecular complexity index is 730. The molecule has 1 amide bonds. The number of nitrogens with one attached hydrogen (secondary N) is 2. The monoisotopic (exact) mass is 349 g/mol. The third kappa shape index (κ3) is 5.07. The Balaban J connectivity index is 2.17. The number of esters is 1. The number of aromatic nitrogens is 4. The number of H-pyrrole nitrogens is 1. The van der Waals surface area contributed by atoms with E-state index in [9.17, 15) is 14.0 Å². The molecule has 2 N–H and O–H groups in total. The molecule has 25 heavy (non-hydrogen) atoms. The van der Waals surface area contributed by atoms with E-state index in [1.165, 1.54) is 6.07 Å². The summed E-state index contributed by atoms with van der Waals surface area (Å²) in [7, 11) is 0. The quantitative estimate of drug-likeness (QED) is 0.740. The van der Waals surface area contributed by atoms with Gasteiger partial charge in [0.05, 0.1) is 18.8 Å². The fraction of sp³-hybridized carbons (Fsp3) is 0.438. The summed E-state index contributed by atoms with van der Waals surface area (Å²) in [4.78, 5) is 31.9. The fourth-order valence-corrected chi connectivity index (χ4v) is 2.17. The Kier molecular flexibility index (Phi) is 6.15. The molecule has 2 heterocycles. The maximum atomic E-state index is 12.9. The standard InChI is InChI=1S/C16H20FN5O3/c1-4-25-16(24)14-20-13(21-22-14)12(7-9(2)3)19-15(23)11-6-5-10(17)8-18-11/h5-6,8-9,12H,4,7H2,1-3H3,(H,19,23)(H,20,21,22). The molecule has 8 nitrogen and oxygen atoms in total. The van der Waals surface area contributed by atoms with Gasteiger partial charge in [0.2, 0.25) is 0 Å². The summed E-state index contributed by atoms with van der Waals surface area (Å²) in [5, 5.41) is 9.26. The van der Waals surface area contributed by atoms with Crippen molar-refractivity contribution in [2.75, 3.05) is 6.61 Å². The van der Waals surface area contributed by atoms with E-state index in [0.29, 0.717) is 12.2 Å². The molecule has 0 aliphatic rings. The predicted molar refractivity (Wildman–Crippen MR) is 86.2 cm³/mol. The number of amides is 1. The largest absolute Gasteiger partial charge is 0.460 e. The first-order chi connectivity index (χ1) is 11.9. The number of nitrogens with zero attached hydrogens (tertiary/aromatic N) is 3.